The Kier molecular flexibility index (Phi) is 4.08. The maximum absolute atomic E-state index is 5.94. The molecule has 1 saturated heterocycles. The minimum absolute atomic E-state index is 0.0281. The van der Waals surface area contributed by atoms with Gasteiger partial charge in [-0.1, -0.05) is 18.2 Å². The summed E-state index contributed by atoms with van der Waals surface area (Å²) >= 11 is 0. The highest BCUT2D eigenvalue weighted by Gasteiger charge is 2.27. The number of ether oxygens (including phenoxy) is 1. The summed E-state index contributed by atoms with van der Waals surface area (Å²) in [7, 11) is 0. The molecule has 126 valence electrons. The highest BCUT2D eigenvalue weighted by atomic mass is 16.5. The molecule has 0 radical (unpaired) electrons. The molecule has 4 rings (SSSR count). The Balaban J connectivity index is 1.55. The van der Waals surface area contributed by atoms with Crippen molar-refractivity contribution in [2.75, 3.05) is 19.7 Å². The number of fused-ring (bicyclic) bond motifs is 1. The third kappa shape index (κ3) is 2.72. The molecule has 6 heteroatoms. The van der Waals surface area contributed by atoms with Gasteiger partial charge in [0.25, 0.3) is 0 Å². The Bertz CT molecular complexity index is 839. The number of benzene rings is 1. The first-order chi connectivity index (χ1) is 11.8. The summed E-state index contributed by atoms with van der Waals surface area (Å²) in [6.45, 7) is 8.29. The van der Waals surface area contributed by atoms with Gasteiger partial charge in [-0.25, -0.2) is 0 Å². The number of morpholine rings is 1. The number of aryl methyl sites for hydroxylation is 2. The average Bonchev–Trinajstić information content (AvgIpc) is 3.20. The Morgan fingerprint density at radius 3 is 3.04 bits per heavy atom. The summed E-state index contributed by atoms with van der Waals surface area (Å²) in [5.41, 5.74) is 2.23. The van der Waals surface area contributed by atoms with Gasteiger partial charge in [0.15, 0.2) is 5.82 Å². The van der Waals surface area contributed by atoms with Crippen molar-refractivity contribution >= 4 is 11.0 Å². The minimum atomic E-state index is -0.0281. The molecular weight excluding hydrogens is 304 g/mol. The standard InChI is InChI=1S/C18H22N4O2/c1-3-22-12-19-20-18(22)17-11-21(8-9-23-17)10-15-13(2)24-16-7-5-4-6-14(15)16/h4-7,12,17H,3,8-11H2,1-2H3/t17-/m0/s1. The van der Waals surface area contributed by atoms with Gasteiger partial charge in [-0.2, -0.15) is 0 Å². The van der Waals surface area contributed by atoms with Gasteiger partial charge in [0.05, 0.1) is 6.61 Å². The fraction of sp³-hybridized carbons (Fsp3) is 0.444. The quantitative estimate of drug-likeness (QED) is 0.738. The zero-order chi connectivity index (χ0) is 16.5. The van der Waals surface area contributed by atoms with Crippen LogP contribution < -0.4 is 0 Å². The van der Waals surface area contributed by atoms with Crippen LogP contribution in [0.3, 0.4) is 0 Å². The van der Waals surface area contributed by atoms with E-state index in [4.69, 9.17) is 9.15 Å². The van der Waals surface area contributed by atoms with Crippen LogP contribution >= 0.6 is 0 Å². The Morgan fingerprint density at radius 1 is 1.29 bits per heavy atom. The molecule has 0 N–H and O–H groups in total. The van der Waals surface area contributed by atoms with E-state index in [0.29, 0.717) is 6.61 Å². The molecule has 1 aliphatic heterocycles. The Morgan fingerprint density at radius 2 is 2.17 bits per heavy atom. The van der Waals surface area contributed by atoms with Crippen LogP contribution in [0.4, 0.5) is 0 Å². The minimum Gasteiger partial charge on any atom is -0.461 e. The molecule has 0 aliphatic carbocycles. The number of para-hydroxylation sites is 1. The van der Waals surface area contributed by atoms with Crippen LogP contribution in [0.1, 0.15) is 30.2 Å². The van der Waals surface area contributed by atoms with Gasteiger partial charge in [0.1, 0.15) is 23.8 Å². The summed E-state index contributed by atoms with van der Waals surface area (Å²) in [4.78, 5) is 2.41. The predicted octanol–water partition coefficient (Wildman–Crippen LogP) is 2.93. The van der Waals surface area contributed by atoms with E-state index in [1.807, 2.05) is 23.6 Å². The van der Waals surface area contributed by atoms with E-state index in [9.17, 15) is 0 Å². The molecule has 0 bridgehead atoms. The maximum atomic E-state index is 5.94. The van der Waals surface area contributed by atoms with Gasteiger partial charge in [-0.3, -0.25) is 4.90 Å². The average molecular weight is 326 g/mol. The van der Waals surface area contributed by atoms with E-state index < -0.39 is 0 Å². The molecule has 3 aromatic rings. The van der Waals surface area contributed by atoms with E-state index in [-0.39, 0.29) is 6.10 Å². The number of nitrogens with zero attached hydrogens (tertiary/aromatic N) is 4. The van der Waals surface area contributed by atoms with Gasteiger partial charge in [0, 0.05) is 37.1 Å². The molecule has 2 aromatic heterocycles. The van der Waals surface area contributed by atoms with Crippen LogP contribution in [-0.4, -0.2) is 39.4 Å². The summed E-state index contributed by atoms with van der Waals surface area (Å²) in [6.07, 6.45) is 1.74. The molecule has 1 aliphatic rings. The molecule has 6 nitrogen and oxygen atoms in total. The third-order valence-electron chi connectivity index (χ3n) is 4.71. The molecule has 1 aromatic carbocycles. The molecule has 0 saturated carbocycles. The first-order valence-electron chi connectivity index (χ1n) is 8.45. The lowest BCUT2D eigenvalue weighted by atomic mass is 10.1. The van der Waals surface area contributed by atoms with Crippen LogP contribution in [0, 0.1) is 6.92 Å². The molecule has 0 spiro atoms. The second kappa shape index (κ2) is 6.37. The lowest BCUT2D eigenvalue weighted by Gasteiger charge is -2.32. The van der Waals surface area contributed by atoms with Crippen molar-refractivity contribution in [1.29, 1.82) is 0 Å². The maximum Gasteiger partial charge on any atom is 0.163 e. The summed E-state index contributed by atoms with van der Waals surface area (Å²) in [6, 6.07) is 8.23. The van der Waals surface area contributed by atoms with Gasteiger partial charge in [0.2, 0.25) is 0 Å². The van der Waals surface area contributed by atoms with E-state index in [1.165, 1.54) is 10.9 Å². The van der Waals surface area contributed by atoms with Crippen molar-refractivity contribution in [1.82, 2.24) is 19.7 Å². The first kappa shape index (κ1) is 15.4. The van der Waals surface area contributed by atoms with Crippen molar-refractivity contribution in [3.8, 4) is 0 Å². The third-order valence-corrected chi connectivity index (χ3v) is 4.71. The highest BCUT2D eigenvalue weighted by molar-refractivity contribution is 5.82. The molecule has 0 amide bonds. The van der Waals surface area contributed by atoms with E-state index in [2.05, 4.69) is 34.2 Å². The van der Waals surface area contributed by atoms with Crippen molar-refractivity contribution in [2.24, 2.45) is 0 Å². The number of aromatic nitrogens is 3. The Labute approximate surface area is 141 Å². The number of furan rings is 1. The fourth-order valence-corrected chi connectivity index (χ4v) is 3.40. The molecule has 1 fully saturated rings. The second-order valence-corrected chi connectivity index (χ2v) is 6.20. The largest absolute Gasteiger partial charge is 0.461 e. The van der Waals surface area contributed by atoms with Crippen molar-refractivity contribution in [2.45, 2.75) is 33.0 Å². The fourth-order valence-electron chi connectivity index (χ4n) is 3.40. The summed E-state index contributed by atoms with van der Waals surface area (Å²) in [5, 5.41) is 9.48. The topological polar surface area (TPSA) is 56.3 Å². The zero-order valence-corrected chi connectivity index (χ0v) is 14.1. The molecular formula is C18H22N4O2. The zero-order valence-electron chi connectivity index (χ0n) is 14.1. The van der Waals surface area contributed by atoms with Crippen LogP contribution in [0.2, 0.25) is 0 Å². The van der Waals surface area contributed by atoms with Crippen LogP contribution in [0.15, 0.2) is 35.0 Å². The summed E-state index contributed by atoms with van der Waals surface area (Å²) < 4.78 is 13.9. The van der Waals surface area contributed by atoms with Gasteiger partial charge in [-0.05, 0) is 19.9 Å². The van der Waals surface area contributed by atoms with E-state index >= 15 is 0 Å². The van der Waals surface area contributed by atoms with Crippen molar-refractivity contribution in [3.05, 3.63) is 47.7 Å². The summed E-state index contributed by atoms with van der Waals surface area (Å²) in [5.74, 6) is 1.91. The lowest BCUT2D eigenvalue weighted by molar-refractivity contribution is -0.0388. The molecule has 24 heavy (non-hydrogen) atoms. The lowest BCUT2D eigenvalue weighted by Crippen LogP contribution is -2.38. The molecule has 1 atom stereocenters. The first-order valence-corrected chi connectivity index (χ1v) is 8.45. The number of hydrogen-bond donors (Lipinski definition) is 0. The van der Waals surface area contributed by atoms with Crippen LogP contribution in [0.25, 0.3) is 11.0 Å². The van der Waals surface area contributed by atoms with Gasteiger partial charge >= 0.3 is 0 Å². The normalized spacial score (nSPS) is 19.2. The van der Waals surface area contributed by atoms with Crippen LogP contribution in [0.5, 0.6) is 0 Å². The number of rotatable bonds is 4. The van der Waals surface area contributed by atoms with Gasteiger partial charge in [-0.15, -0.1) is 10.2 Å². The van der Waals surface area contributed by atoms with Crippen molar-refractivity contribution in [3.63, 3.8) is 0 Å². The van der Waals surface area contributed by atoms with Crippen molar-refractivity contribution < 1.29 is 9.15 Å². The monoisotopic (exact) mass is 326 g/mol. The smallest absolute Gasteiger partial charge is 0.163 e. The van der Waals surface area contributed by atoms with Gasteiger partial charge < -0.3 is 13.7 Å². The molecule has 3 heterocycles. The predicted molar refractivity (Wildman–Crippen MR) is 90.6 cm³/mol. The second-order valence-electron chi connectivity index (χ2n) is 6.20. The number of hydrogen-bond acceptors (Lipinski definition) is 5. The highest BCUT2D eigenvalue weighted by Crippen LogP contribution is 2.28. The van der Waals surface area contributed by atoms with E-state index in [1.54, 1.807) is 6.33 Å². The van der Waals surface area contributed by atoms with Crippen LogP contribution in [-0.2, 0) is 17.8 Å². The SMILES string of the molecule is CCn1cnnc1[C@@H]1CN(Cc2c(C)oc3ccccc23)CCO1. The Hall–Kier alpha value is -2.18. The molecule has 0 unspecified atom stereocenters. The van der Waals surface area contributed by atoms with E-state index in [0.717, 1.165) is 43.3 Å².